The van der Waals surface area contributed by atoms with E-state index < -0.39 is 0 Å². The number of benzene rings is 1. The van der Waals surface area contributed by atoms with Gasteiger partial charge in [0.05, 0.1) is 13.2 Å². The van der Waals surface area contributed by atoms with E-state index in [0.717, 1.165) is 6.42 Å². The van der Waals surface area contributed by atoms with Crippen LogP contribution in [-0.4, -0.2) is 14.6 Å². The molecule has 0 saturated carbocycles. The van der Waals surface area contributed by atoms with Crippen LogP contribution in [0.4, 0.5) is 0 Å². The lowest BCUT2D eigenvalue weighted by atomic mass is 9.80. The molecule has 0 fully saturated rings. The Kier molecular flexibility index (Phi) is 4.02. The van der Waals surface area contributed by atoms with Gasteiger partial charge in [0, 0.05) is 7.11 Å². The molecule has 16 heavy (non-hydrogen) atoms. The summed E-state index contributed by atoms with van der Waals surface area (Å²) in [5, 5.41) is 0. The number of rotatable bonds is 5. The summed E-state index contributed by atoms with van der Waals surface area (Å²) < 4.78 is 10.6. The van der Waals surface area contributed by atoms with Crippen molar-refractivity contribution in [1.82, 2.24) is 0 Å². The molecule has 3 heteroatoms. The zero-order valence-corrected chi connectivity index (χ0v) is 10.1. The second kappa shape index (κ2) is 5.51. The maximum absolute atomic E-state index is 5.40. The Morgan fingerprint density at radius 3 is 3.06 bits per heavy atom. The molecule has 0 bridgehead atoms. The first-order valence-electron chi connectivity index (χ1n) is 5.93. The first-order chi connectivity index (χ1) is 7.85. The molecule has 2 nitrogen and oxygen atoms in total. The van der Waals surface area contributed by atoms with Crippen molar-refractivity contribution < 1.29 is 9.39 Å². The summed E-state index contributed by atoms with van der Waals surface area (Å²) in [4.78, 5) is 0. The first kappa shape index (κ1) is 11.7. The maximum Gasteiger partial charge on any atom is 0.331 e. The van der Waals surface area contributed by atoms with Crippen LogP contribution in [0.25, 0.3) is 0 Å². The fourth-order valence-corrected chi connectivity index (χ4v) is 2.16. The van der Waals surface area contributed by atoms with Crippen molar-refractivity contribution in [2.45, 2.75) is 39.4 Å². The molecule has 1 aromatic carbocycles. The van der Waals surface area contributed by atoms with E-state index in [0.29, 0.717) is 13.2 Å². The number of methoxy groups -OCH3 is 1. The number of unbranched alkanes of at least 4 members (excludes halogenated alkanes) is 1. The van der Waals surface area contributed by atoms with Crippen LogP contribution in [0.1, 0.15) is 36.5 Å². The normalized spacial score (nSPS) is 13.6. The van der Waals surface area contributed by atoms with Crippen LogP contribution in [-0.2, 0) is 29.0 Å². The molecule has 1 heterocycles. The molecule has 0 aliphatic carbocycles. The summed E-state index contributed by atoms with van der Waals surface area (Å²) >= 11 is 0. The largest absolute Gasteiger partial charge is 0.430 e. The summed E-state index contributed by atoms with van der Waals surface area (Å²) in [5.74, 6) is 0. The van der Waals surface area contributed by atoms with Gasteiger partial charge in [0.15, 0.2) is 0 Å². The highest BCUT2D eigenvalue weighted by atomic mass is 16.5. The van der Waals surface area contributed by atoms with E-state index in [1.807, 2.05) is 7.48 Å². The molecule has 0 saturated heterocycles. The fraction of sp³-hybridized carbons (Fsp3) is 0.538. The van der Waals surface area contributed by atoms with Gasteiger partial charge in [0.2, 0.25) is 0 Å². The van der Waals surface area contributed by atoms with Gasteiger partial charge in [-0.15, -0.1) is 0 Å². The van der Waals surface area contributed by atoms with E-state index in [1.54, 1.807) is 7.11 Å². The fourth-order valence-electron chi connectivity index (χ4n) is 2.16. The monoisotopic (exact) mass is 217 g/mol. The highest BCUT2D eigenvalue weighted by Crippen LogP contribution is 2.16. The van der Waals surface area contributed by atoms with E-state index in [4.69, 9.17) is 9.39 Å². The second-order valence-corrected chi connectivity index (χ2v) is 4.29. The predicted molar refractivity (Wildman–Crippen MR) is 65.9 cm³/mol. The Hall–Kier alpha value is -0.795. The standard InChI is InChI=1S/C13H18BO2/c1-3-4-5-11-6-10(8-15-2)7-12-9-16-14-13(11)12/h6-7H,3-5,8-9H2,1-2H3. The van der Waals surface area contributed by atoms with Gasteiger partial charge in [0.1, 0.15) is 0 Å². The van der Waals surface area contributed by atoms with E-state index in [-0.39, 0.29) is 0 Å². The highest BCUT2D eigenvalue weighted by molar-refractivity contribution is 6.49. The Morgan fingerprint density at radius 2 is 2.31 bits per heavy atom. The Balaban J connectivity index is 2.25. The smallest absolute Gasteiger partial charge is 0.331 e. The van der Waals surface area contributed by atoms with Crippen LogP contribution in [0.2, 0.25) is 0 Å². The molecule has 1 aromatic rings. The van der Waals surface area contributed by atoms with Crippen molar-refractivity contribution in [3.05, 3.63) is 28.8 Å². The van der Waals surface area contributed by atoms with Crippen LogP contribution in [0.15, 0.2) is 12.1 Å². The van der Waals surface area contributed by atoms with Gasteiger partial charge in [-0.3, -0.25) is 0 Å². The van der Waals surface area contributed by atoms with E-state index >= 15 is 0 Å². The van der Waals surface area contributed by atoms with Gasteiger partial charge in [-0.2, -0.15) is 0 Å². The van der Waals surface area contributed by atoms with E-state index in [2.05, 4.69) is 19.1 Å². The molecule has 1 aliphatic heterocycles. The molecule has 0 N–H and O–H groups in total. The van der Waals surface area contributed by atoms with Crippen molar-refractivity contribution in [3.8, 4) is 0 Å². The summed E-state index contributed by atoms with van der Waals surface area (Å²) in [7, 11) is 3.64. The number of hydrogen-bond acceptors (Lipinski definition) is 2. The van der Waals surface area contributed by atoms with Crippen LogP contribution < -0.4 is 5.46 Å². The lowest BCUT2D eigenvalue weighted by molar-refractivity contribution is 0.184. The molecule has 2 rings (SSSR count). The zero-order chi connectivity index (χ0) is 11.4. The van der Waals surface area contributed by atoms with Crippen LogP contribution in [0, 0.1) is 0 Å². The van der Waals surface area contributed by atoms with Crippen LogP contribution in [0.5, 0.6) is 0 Å². The minimum atomic E-state index is 0.687. The molecule has 0 spiro atoms. The van der Waals surface area contributed by atoms with Gasteiger partial charge in [-0.25, -0.2) is 0 Å². The Labute approximate surface area is 98.2 Å². The molecule has 0 unspecified atom stereocenters. The molecule has 0 aromatic heterocycles. The topological polar surface area (TPSA) is 18.5 Å². The number of aryl methyl sites for hydroxylation is 1. The van der Waals surface area contributed by atoms with Gasteiger partial charge in [0.25, 0.3) is 0 Å². The highest BCUT2D eigenvalue weighted by Gasteiger charge is 2.18. The van der Waals surface area contributed by atoms with Gasteiger partial charge in [-0.05, 0) is 29.4 Å². The maximum atomic E-state index is 5.40. The van der Waals surface area contributed by atoms with Gasteiger partial charge in [-0.1, -0.05) is 31.0 Å². The van der Waals surface area contributed by atoms with Crippen molar-refractivity contribution >= 4 is 12.9 Å². The third-order valence-electron chi connectivity index (χ3n) is 2.96. The number of fused-ring (bicyclic) bond motifs is 1. The number of ether oxygens (including phenoxy) is 1. The summed E-state index contributed by atoms with van der Waals surface area (Å²) in [5.41, 5.74) is 5.27. The average Bonchev–Trinajstić information content (AvgIpc) is 2.74. The first-order valence-corrected chi connectivity index (χ1v) is 5.93. The second-order valence-electron chi connectivity index (χ2n) is 4.29. The molecule has 0 amide bonds. The third kappa shape index (κ3) is 2.47. The molecule has 85 valence electrons. The van der Waals surface area contributed by atoms with Crippen molar-refractivity contribution in [2.75, 3.05) is 7.11 Å². The van der Waals surface area contributed by atoms with E-state index in [9.17, 15) is 0 Å². The van der Waals surface area contributed by atoms with Crippen molar-refractivity contribution in [1.29, 1.82) is 0 Å². The zero-order valence-electron chi connectivity index (χ0n) is 10.1. The Bertz CT molecular complexity index is 363. The minimum absolute atomic E-state index is 0.687. The van der Waals surface area contributed by atoms with Crippen molar-refractivity contribution in [3.63, 3.8) is 0 Å². The molecular formula is C13H18BO2. The predicted octanol–water partition coefficient (Wildman–Crippen LogP) is 1.95. The Morgan fingerprint density at radius 1 is 1.44 bits per heavy atom. The molecule has 0 atom stereocenters. The summed E-state index contributed by atoms with van der Waals surface area (Å²) in [6.45, 7) is 3.62. The SMILES string of the molecule is CCCCc1cc(COC)cc2c1[B]OC2. The van der Waals surface area contributed by atoms with Gasteiger partial charge >= 0.3 is 7.48 Å². The molecular weight excluding hydrogens is 199 g/mol. The van der Waals surface area contributed by atoms with E-state index in [1.165, 1.54) is 35.0 Å². The van der Waals surface area contributed by atoms with Crippen LogP contribution in [0.3, 0.4) is 0 Å². The number of hydrogen-bond donors (Lipinski definition) is 0. The summed E-state index contributed by atoms with van der Waals surface area (Å²) in [6, 6.07) is 4.45. The molecule has 1 radical (unpaired) electrons. The van der Waals surface area contributed by atoms with Crippen LogP contribution >= 0.6 is 0 Å². The average molecular weight is 217 g/mol. The van der Waals surface area contributed by atoms with Crippen molar-refractivity contribution in [2.24, 2.45) is 0 Å². The molecule has 1 aliphatic rings. The van der Waals surface area contributed by atoms with Gasteiger partial charge < -0.3 is 9.39 Å². The summed E-state index contributed by atoms with van der Waals surface area (Å²) in [6.07, 6.45) is 3.59. The lowest BCUT2D eigenvalue weighted by Crippen LogP contribution is -2.18. The minimum Gasteiger partial charge on any atom is -0.430 e. The third-order valence-corrected chi connectivity index (χ3v) is 2.96. The quantitative estimate of drug-likeness (QED) is 0.702. The lowest BCUT2D eigenvalue weighted by Gasteiger charge is -2.10.